The smallest absolute Gasteiger partial charge is 0.294 e. The molecular formula is C27H32N4O7S2. The van der Waals surface area contributed by atoms with Gasteiger partial charge in [-0.1, -0.05) is 54.7 Å². The average Bonchev–Trinajstić information content (AvgIpc) is 2.89. The lowest BCUT2D eigenvalue weighted by Crippen LogP contribution is -2.38. The molecule has 0 amide bonds. The molecule has 1 aliphatic carbocycles. The minimum absolute atomic E-state index is 0.00638. The number of hydrogen-bond donors (Lipinski definition) is 4. The van der Waals surface area contributed by atoms with Crippen LogP contribution in [0, 0.1) is 24.0 Å². The van der Waals surface area contributed by atoms with E-state index in [-0.39, 0.29) is 33.4 Å². The van der Waals surface area contributed by atoms with E-state index < -0.39 is 36.3 Å². The van der Waals surface area contributed by atoms with Crippen LogP contribution in [0.5, 0.6) is 0 Å². The molecule has 40 heavy (non-hydrogen) atoms. The molecule has 0 saturated heterocycles. The first-order valence-corrected chi connectivity index (χ1v) is 15.7. The minimum atomic E-state index is -4.24. The molecule has 3 aromatic carbocycles. The number of nitro benzene ring substituents is 1. The summed E-state index contributed by atoms with van der Waals surface area (Å²) in [7, 11) is -8.45. The highest BCUT2D eigenvalue weighted by Gasteiger charge is 2.31. The molecule has 0 unspecified atom stereocenters. The maximum atomic E-state index is 13.2. The first kappa shape index (κ1) is 29.3. The number of aliphatic hydroxyl groups is 1. The Balaban J connectivity index is 1.77. The molecule has 11 nitrogen and oxygen atoms in total. The zero-order valence-electron chi connectivity index (χ0n) is 22.2. The number of hydrogen-bond acceptors (Lipinski definition) is 8. The van der Waals surface area contributed by atoms with Crippen LogP contribution < -0.4 is 14.8 Å². The number of nitro groups is 1. The van der Waals surface area contributed by atoms with Crippen LogP contribution in [0.2, 0.25) is 0 Å². The highest BCUT2D eigenvalue weighted by molar-refractivity contribution is 7.93. The van der Waals surface area contributed by atoms with Crippen molar-refractivity contribution in [3.05, 3.63) is 81.9 Å². The van der Waals surface area contributed by atoms with Crippen molar-refractivity contribution in [2.24, 2.45) is 0 Å². The molecule has 3 aromatic rings. The van der Waals surface area contributed by atoms with Crippen molar-refractivity contribution in [2.45, 2.75) is 61.3 Å². The van der Waals surface area contributed by atoms with Gasteiger partial charge in [0.1, 0.15) is 5.69 Å². The summed E-state index contributed by atoms with van der Waals surface area (Å²) in [5.41, 5.74) is -0.503. The van der Waals surface area contributed by atoms with E-state index in [1.165, 1.54) is 30.3 Å². The Morgan fingerprint density at radius 3 is 1.68 bits per heavy atom. The quantitative estimate of drug-likeness (QED) is 0.191. The number of sulfonamides is 2. The Kier molecular flexibility index (Phi) is 8.38. The summed E-state index contributed by atoms with van der Waals surface area (Å²) in [5, 5.41) is 25.8. The SMILES string of the molecule is Cc1ccc(S(=O)(=O)Nc2cc(NCC3(O)CCCCC3)c([N+](=O)[O-])cc2NS(=O)(=O)c2ccc(C)cc2)cc1. The van der Waals surface area contributed by atoms with Crippen LogP contribution in [0.3, 0.4) is 0 Å². The normalized spacial score (nSPS) is 15.3. The Morgan fingerprint density at radius 1 is 0.775 bits per heavy atom. The van der Waals surface area contributed by atoms with E-state index in [1.807, 2.05) is 0 Å². The molecule has 214 valence electrons. The van der Waals surface area contributed by atoms with E-state index in [9.17, 15) is 32.1 Å². The molecule has 0 aromatic heterocycles. The second-order valence-corrected chi connectivity index (χ2v) is 13.5. The first-order chi connectivity index (χ1) is 18.8. The molecule has 0 atom stereocenters. The Labute approximate surface area is 233 Å². The average molecular weight is 589 g/mol. The van der Waals surface area contributed by atoms with Crippen LogP contribution in [0.4, 0.5) is 22.7 Å². The minimum Gasteiger partial charge on any atom is -0.388 e. The van der Waals surface area contributed by atoms with E-state index in [1.54, 1.807) is 38.1 Å². The predicted octanol–water partition coefficient (Wildman–Crippen LogP) is 4.92. The van der Waals surface area contributed by atoms with Gasteiger partial charge in [0, 0.05) is 12.6 Å². The number of benzene rings is 3. The van der Waals surface area contributed by atoms with Gasteiger partial charge in [0.05, 0.1) is 31.7 Å². The molecule has 1 fully saturated rings. The highest BCUT2D eigenvalue weighted by Crippen LogP contribution is 2.38. The van der Waals surface area contributed by atoms with Gasteiger partial charge in [-0.05, 0) is 57.0 Å². The van der Waals surface area contributed by atoms with Gasteiger partial charge in [-0.2, -0.15) is 0 Å². The number of nitrogens with one attached hydrogen (secondary N) is 3. The standard InChI is InChI=1S/C27H32N4O7S2/c1-19-6-10-21(11-7-19)39(35,36)29-23-16-25(28-18-27(32)14-4-3-5-15-27)26(31(33)34)17-24(23)30-40(37,38)22-12-8-20(2)9-13-22/h6-13,16-17,28-30,32H,3-5,14-15,18H2,1-2H3. The van der Waals surface area contributed by atoms with Crippen LogP contribution in [0.25, 0.3) is 0 Å². The van der Waals surface area contributed by atoms with Gasteiger partial charge in [-0.25, -0.2) is 16.8 Å². The Hall–Kier alpha value is -3.68. The maximum absolute atomic E-state index is 13.2. The summed E-state index contributed by atoms with van der Waals surface area (Å²) in [6.07, 6.45) is 3.68. The molecule has 0 heterocycles. The second-order valence-electron chi connectivity index (χ2n) is 10.1. The molecule has 13 heteroatoms. The number of nitrogens with zero attached hydrogens (tertiary/aromatic N) is 1. The maximum Gasteiger partial charge on any atom is 0.294 e. The molecular weight excluding hydrogens is 556 g/mol. The van der Waals surface area contributed by atoms with Crippen molar-refractivity contribution in [3.63, 3.8) is 0 Å². The number of anilines is 3. The lowest BCUT2D eigenvalue weighted by Gasteiger charge is -2.32. The monoisotopic (exact) mass is 588 g/mol. The molecule has 0 radical (unpaired) electrons. The Bertz CT molecular complexity index is 1600. The van der Waals surface area contributed by atoms with Crippen LogP contribution in [0.15, 0.2) is 70.5 Å². The van der Waals surface area contributed by atoms with Gasteiger partial charge in [0.2, 0.25) is 0 Å². The van der Waals surface area contributed by atoms with E-state index in [0.29, 0.717) is 12.8 Å². The third kappa shape index (κ3) is 6.90. The summed E-state index contributed by atoms with van der Waals surface area (Å²) in [5.74, 6) is 0. The number of rotatable bonds is 10. The zero-order chi connectivity index (χ0) is 29.1. The van der Waals surface area contributed by atoms with Crippen LogP contribution in [-0.4, -0.2) is 39.0 Å². The van der Waals surface area contributed by atoms with Crippen molar-refractivity contribution in [1.29, 1.82) is 0 Å². The molecule has 4 N–H and O–H groups in total. The summed E-state index contributed by atoms with van der Waals surface area (Å²) in [6, 6.07) is 14.1. The fraction of sp³-hybridized carbons (Fsp3) is 0.333. The summed E-state index contributed by atoms with van der Waals surface area (Å²) in [6.45, 7) is 3.60. The van der Waals surface area contributed by atoms with Crippen molar-refractivity contribution in [3.8, 4) is 0 Å². The fourth-order valence-corrected chi connectivity index (χ4v) is 6.68. The third-order valence-electron chi connectivity index (χ3n) is 6.88. The second kappa shape index (κ2) is 11.4. The van der Waals surface area contributed by atoms with Crippen LogP contribution in [0.1, 0.15) is 43.2 Å². The van der Waals surface area contributed by atoms with E-state index in [4.69, 9.17) is 0 Å². The van der Waals surface area contributed by atoms with Crippen molar-refractivity contribution in [1.82, 2.24) is 0 Å². The summed E-state index contributed by atoms with van der Waals surface area (Å²) in [4.78, 5) is 11.1. The molecule has 1 aliphatic rings. The molecule has 0 spiro atoms. The van der Waals surface area contributed by atoms with Gasteiger partial charge in [-0.15, -0.1) is 0 Å². The summed E-state index contributed by atoms with van der Waals surface area (Å²) < 4.78 is 57.5. The predicted molar refractivity (Wildman–Crippen MR) is 154 cm³/mol. The highest BCUT2D eigenvalue weighted by atomic mass is 32.2. The van der Waals surface area contributed by atoms with Gasteiger partial charge < -0.3 is 10.4 Å². The van der Waals surface area contributed by atoms with Crippen LogP contribution in [-0.2, 0) is 20.0 Å². The van der Waals surface area contributed by atoms with Gasteiger partial charge in [0.15, 0.2) is 0 Å². The third-order valence-corrected chi connectivity index (χ3v) is 9.64. The van der Waals surface area contributed by atoms with Gasteiger partial charge in [0.25, 0.3) is 25.7 Å². The topological polar surface area (TPSA) is 168 Å². The van der Waals surface area contributed by atoms with E-state index >= 15 is 0 Å². The Morgan fingerprint density at radius 2 is 1.23 bits per heavy atom. The number of aryl methyl sites for hydroxylation is 2. The van der Waals surface area contributed by atoms with E-state index in [0.717, 1.165) is 36.5 Å². The summed E-state index contributed by atoms with van der Waals surface area (Å²) >= 11 is 0. The van der Waals surface area contributed by atoms with Crippen molar-refractivity contribution in [2.75, 3.05) is 21.3 Å². The largest absolute Gasteiger partial charge is 0.388 e. The molecule has 0 bridgehead atoms. The van der Waals surface area contributed by atoms with Gasteiger partial charge >= 0.3 is 0 Å². The van der Waals surface area contributed by atoms with Crippen LogP contribution >= 0.6 is 0 Å². The molecule has 1 saturated carbocycles. The first-order valence-electron chi connectivity index (χ1n) is 12.8. The molecule has 4 rings (SSSR count). The van der Waals surface area contributed by atoms with Crippen molar-refractivity contribution >= 4 is 42.8 Å². The van der Waals surface area contributed by atoms with Crippen molar-refractivity contribution < 1.29 is 26.9 Å². The lowest BCUT2D eigenvalue weighted by molar-refractivity contribution is -0.383. The lowest BCUT2D eigenvalue weighted by atomic mass is 9.85. The van der Waals surface area contributed by atoms with E-state index in [2.05, 4.69) is 14.8 Å². The molecule has 0 aliphatic heterocycles. The zero-order valence-corrected chi connectivity index (χ0v) is 23.8. The van der Waals surface area contributed by atoms with Gasteiger partial charge in [-0.3, -0.25) is 19.6 Å². The fourth-order valence-electron chi connectivity index (χ4n) is 4.54.